The second-order valence-corrected chi connectivity index (χ2v) is 6.87. The van der Waals surface area contributed by atoms with E-state index in [2.05, 4.69) is 37.4 Å². The van der Waals surface area contributed by atoms with Gasteiger partial charge in [0.25, 0.3) is 0 Å². The standard InChI is InChI=1S/C20H30N6O/c1-4-17-18(27-11-7-10-26-8-5-6-9-26)13-16(14-22-17)24-20-23-15(2)12-19(21-3)25-20/h12-14H,4-11H2,1-3H3,(H2,21,23,24,25). The molecule has 1 aliphatic heterocycles. The van der Waals surface area contributed by atoms with E-state index in [1.54, 1.807) is 6.20 Å². The van der Waals surface area contributed by atoms with Gasteiger partial charge in [-0.25, -0.2) is 4.98 Å². The molecule has 146 valence electrons. The van der Waals surface area contributed by atoms with Gasteiger partial charge in [-0.15, -0.1) is 0 Å². The van der Waals surface area contributed by atoms with E-state index in [9.17, 15) is 0 Å². The van der Waals surface area contributed by atoms with Gasteiger partial charge in [0.15, 0.2) is 0 Å². The second-order valence-electron chi connectivity index (χ2n) is 6.87. The van der Waals surface area contributed by atoms with Crippen LogP contribution in [0.15, 0.2) is 18.3 Å². The molecule has 1 saturated heterocycles. The number of ether oxygens (including phenoxy) is 1. The van der Waals surface area contributed by atoms with Crippen LogP contribution in [0.5, 0.6) is 5.75 Å². The number of rotatable bonds is 9. The highest BCUT2D eigenvalue weighted by Crippen LogP contribution is 2.24. The zero-order valence-corrected chi connectivity index (χ0v) is 16.6. The minimum Gasteiger partial charge on any atom is -0.492 e. The van der Waals surface area contributed by atoms with Gasteiger partial charge >= 0.3 is 0 Å². The van der Waals surface area contributed by atoms with Crippen LogP contribution in [0.1, 0.15) is 37.6 Å². The fourth-order valence-electron chi connectivity index (χ4n) is 3.29. The Morgan fingerprint density at radius 2 is 2.00 bits per heavy atom. The van der Waals surface area contributed by atoms with Gasteiger partial charge in [-0.1, -0.05) is 6.92 Å². The Kier molecular flexibility index (Phi) is 6.81. The lowest BCUT2D eigenvalue weighted by atomic mass is 10.2. The number of nitrogens with one attached hydrogen (secondary N) is 2. The molecular formula is C20H30N6O. The fraction of sp³-hybridized carbons (Fsp3) is 0.550. The highest BCUT2D eigenvalue weighted by Gasteiger charge is 2.11. The molecule has 2 aromatic rings. The summed E-state index contributed by atoms with van der Waals surface area (Å²) in [4.78, 5) is 15.9. The van der Waals surface area contributed by atoms with E-state index in [4.69, 9.17) is 4.74 Å². The minimum absolute atomic E-state index is 0.547. The van der Waals surface area contributed by atoms with Crippen molar-refractivity contribution in [3.63, 3.8) is 0 Å². The van der Waals surface area contributed by atoms with Crippen LogP contribution in [0.3, 0.4) is 0 Å². The van der Waals surface area contributed by atoms with Gasteiger partial charge in [-0.2, -0.15) is 4.98 Å². The molecule has 0 bridgehead atoms. The maximum Gasteiger partial charge on any atom is 0.229 e. The summed E-state index contributed by atoms with van der Waals surface area (Å²) in [5.41, 5.74) is 2.70. The number of hydrogen-bond acceptors (Lipinski definition) is 7. The summed E-state index contributed by atoms with van der Waals surface area (Å²) >= 11 is 0. The molecule has 2 N–H and O–H groups in total. The Morgan fingerprint density at radius 1 is 1.19 bits per heavy atom. The summed E-state index contributed by atoms with van der Waals surface area (Å²) < 4.78 is 6.05. The van der Waals surface area contributed by atoms with Crippen molar-refractivity contribution in [3.8, 4) is 5.75 Å². The first kappa shape index (κ1) is 19.4. The first-order valence-corrected chi connectivity index (χ1v) is 9.82. The van der Waals surface area contributed by atoms with Gasteiger partial charge in [0.05, 0.1) is 24.2 Å². The lowest BCUT2D eigenvalue weighted by Crippen LogP contribution is -2.22. The summed E-state index contributed by atoms with van der Waals surface area (Å²) in [6.07, 6.45) is 6.34. The predicted molar refractivity (Wildman–Crippen MR) is 109 cm³/mol. The molecule has 0 amide bonds. The zero-order chi connectivity index (χ0) is 19.1. The van der Waals surface area contributed by atoms with Crippen LogP contribution < -0.4 is 15.4 Å². The van der Waals surface area contributed by atoms with Crippen LogP contribution >= 0.6 is 0 Å². The monoisotopic (exact) mass is 370 g/mol. The van der Waals surface area contributed by atoms with Crippen LogP contribution in [0, 0.1) is 6.92 Å². The molecule has 1 aliphatic rings. The lowest BCUT2D eigenvalue weighted by Gasteiger charge is -2.16. The van der Waals surface area contributed by atoms with Crippen molar-refractivity contribution >= 4 is 17.5 Å². The lowest BCUT2D eigenvalue weighted by molar-refractivity contribution is 0.261. The van der Waals surface area contributed by atoms with Crippen LogP contribution in [-0.2, 0) is 6.42 Å². The van der Waals surface area contributed by atoms with Crippen LogP contribution in [0.25, 0.3) is 0 Å². The number of aromatic nitrogens is 3. The van der Waals surface area contributed by atoms with Crippen molar-refractivity contribution < 1.29 is 4.74 Å². The second kappa shape index (κ2) is 9.50. The molecule has 3 rings (SSSR count). The summed E-state index contributed by atoms with van der Waals surface area (Å²) in [5, 5.41) is 6.28. The van der Waals surface area contributed by atoms with E-state index in [-0.39, 0.29) is 0 Å². The quantitative estimate of drug-likeness (QED) is 0.655. The molecule has 0 unspecified atom stereocenters. The van der Waals surface area contributed by atoms with Crippen molar-refractivity contribution in [1.82, 2.24) is 19.9 Å². The molecule has 7 nitrogen and oxygen atoms in total. The van der Waals surface area contributed by atoms with E-state index in [1.165, 1.54) is 25.9 Å². The fourth-order valence-corrected chi connectivity index (χ4v) is 3.29. The van der Waals surface area contributed by atoms with Crippen molar-refractivity contribution in [2.24, 2.45) is 0 Å². The molecule has 2 aromatic heterocycles. The third kappa shape index (κ3) is 5.53. The smallest absolute Gasteiger partial charge is 0.229 e. The Labute approximate surface area is 161 Å². The number of likely N-dealkylation sites (tertiary alicyclic amines) is 1. The minimum atomic E-state index is 0.547. The highest BCUT2D eigenvalue weighted by molar-refractivity contribution is 5.57. The van der Waals surface area contributed by atoms with Gasteiger partial charge in [-0.3, -0.25) is 4.98 Å². The Balaban J connectivity index is 1.62. The Hall–Kier alpha value is -2.41. The van der Waals surface area contributed by atoms with Gasteiger partial charge in [0, 0.05) is 31.4 Å². The molecular weight excluding hydrogens is 340 g/mol. The van der Waals surface area contributed by atoms with Crippen LogP contribution in [-0.4, -0.2) is 53.1 Å². The van der Waals surface area contributed by atoms with Crippen LogP contribution in [0.4, 0.5) is 17.5 Å². The predicted octanol–water partition coefficient (Wildman–Crippen LogP) is 3.39. The SMILES string of the molecule is CCc1ncc(Nc2nc(C)cc(NC)n2)cc1OCCCN1CCCC1. The number of anilines is 3. The normalized spacial score (nSPS) is 14.3. The average molecular weight is 371 g/mol. The molecule has 1 fully saturated rings. The number of nitrogens with zero attached hydrogens (tertiary/aromatic N) is 4. The Morgan fingerprint density at radius 3 is 2.74 bits per heavy atom. The number of aryl methyl sites for hydroxylation is 2. The van der Waals surface area contributed by atoms with Crippen molar-refractivity contribution in [3.05, 3.63) is 29.7 Å². The molecule has 0 aliphatic carbocycles. The third-order valence-electron chi connectivity index (χ3n) is 4.71. The van der Waals surface area contributed by atoms with E-state index >= 15 is 0 Å². The molecule has 7 heteroatoms. The largest absolute Gasteiger partial charge is 0.492 e. The molecule has 0 saturated carbocycles. The van der Waals surface area contributed by atoms with E-state index in [0.717, 1.165) is 48.0 Å². The zero-order valence-electron chi connectivity index (χ0n) is 16.6. The summed E-state index contributed by atoms with van der Waals surface area (Å²) in [6, 6.07) is 3.89. The molecule has 27 heavy (non-hydrogen) atoms. The molecule has 0 radical (unpaired) electrons. The van der Waals surface area contributed by atoms with Crippen molar-refractivity contribution in [2.45, 2.75) is 39.5 Å². The van der Waals surface area contributed by atoms with Gasteiger partial charge < -0.3 is 20.3 Å². The summed E-state index contributed by atoms with van der Waals surface area (Å²) in [7, 11) is 1.84. The maximum atomic E-state index is 6.05. The van der Waals surface area contributed by atoms with E-state index in [1.807, 2.05) is 26.1 Å². The Bertz CT molecular complexity index is 745. The van der Waals surface area contributed by atoms with E-state index < -0.39 is 0 Å². The number of pyridine rings is 1. The van der Waals surface area contributed by atoms with E-state index in [0.29, 0.717) is 12.6 Å². The van der Waals surface area contributed by atoms with Gasteiger partial charge in [0.2, 0.25) is 5.95 Å². The third-order valence-corrected chi connectivity index (χ3v) is 4.71. The van der Waals surface area contributed by atoms with Crippen molar-refractivity contribution in [2.75, 3.05) is 43.9 Å². The first-order chi connectivity index (χ1) is 13.2. The average Bonchev–Trinajstić information content (AvgIpc) is 3.18. The summed E-state index contributed by atoms with van der Waals surface area (Å²) in [6.45, 7) is 8.31. The topological polar surface area (TPSA) is 75.2 Å². The molecule has 0 spiro atoms. The highest BCUT2D eigenvalue weighted by atomic mass is 16.5. The van der Waals surface area contributed by atoms with Crippen LogP contribution in [0.2, 0.25) is 0 Å². The van der Waals surface area contributed by atoms with Gasteiger partial charge in [0.1, 0.15) is 11.6 Å². The molecule has 0 aromatic carbocycles. The molecule has 3 heterocycles. The van der Waals surface area contributed by atoms with Crippen molar-refractivity contribution in [1.29, 1.82) is 0 Å². The maximum absolute atomic E-state index is 6.05. The molecule has 0 atom stereocenters. The first-order valence-electron chi connectivity index (χ1n) is 9.82. The number of hydrogen-bond donors (Lipinski definition) is 2. The van der Waals surface area contributed by atoms with Gasteiger partial charge in [-0.05, 0) is 45.7 Å². The summed E-state index contributed by atoms with van der Waals surface area (Å²) in [5.74, 6) is 2.16.